The number of halogens is 3. The van der Waals surface area contributed by atoms with Gasteiger partial charge in [-0.3, -0.25) is 0 Å². The molecule has 0 aliphatic carbocycles. The monoisotopic (exact) mass is 478 g/mol. The quantitative estimate of drug-likeness (QED) is 0.309. The van der Waals surface area contributed by atoms with E-state index in [4.69, 9.17) is 13.6 Å². The van der Waals surface area contributed by atoms with Gasteiger partial charge in [-0.25, -0.2) is 0 Å². The smallest absolute Gasteiger partial charge is 0.416 e. The summed E-state index contributed by atoms with van der Waals surface area (Å²) in [5.41, 5.74) is 1.24. The zero-order valence-corrected chi connectivity index (χ0v) is 20.9. The summed E-state index contributed by atoms with van der Waals surface area (Å²) in [6.07, 6.45) is 2.98. The highest BCUT2D eigenvalue weighted by Crippen LogP contribution is 2.35. The average molecular weight is 479 g/mol. The maximum Gasteiger partial charge on any atom is 0.416 e. The van der Waals surface area contributed by atoms with Gasteiger partial charge < -0.3 is 13.6 Å². The second-order valence-corrected chi connectivity index (χ2v) is 12.7. The van der Waals surface area contributed by atoms with Crippen molar-refractivity contribution in [3.05, 3.63) is 77.4 Å². The van der Waals surface area contributed by atoms with Gasteiger partial charge in [-0.15, -0.1) is 0 Å². The van der Waals surface area contributed by atoms with Crippen molar-refractivity contribution in [3.8, 4) is 5.75 Å². The molecule has 0 atom stereocenters. The minimum absolute atomic E-state index is 0.199. The Balaban J connectivity index is 2.03. The van der Waals surface area contributed by atoms with Gasteiger partial charge in [0, 0.05) is 0 Å². The average Bonchev–Trinajstić information content (AvgIpc) is 2.77. The summed E-state index contributed by atoms with van der Waals surface area (Å²) in [4.78, 5) is 0. The first-order chi connectivity index (χ1) is 15.6. The van der Waals surface area contributed by atoms with E-state index in [1.807, 2.05) is 36.4 Å². The fourth-order valence-corrected chi connectivity index (χ4v) is 7.13. The van der Waals surface area contributed by atoms with Gasteiger partial charge in [0.15, 0.2) is 0 Å². The fourth-order valence-electron chi connectivity index (χ4n) is 3.66. The fraction of sp³-hybridized carbons (Fsp3) is 0.385. The van der Waals surface area contributed by atoms with Crippen LogP contribution in [0.5, 0.6) is 5.75 Å². The van der Waals surface area contributed by atoms with Crippen LogP contribution in [-0.4, -0.2) is 28.9 Å². The number of benzene rings is 2. The van der Waals surface area contributed by atoms with Gasteiger partial charge in [-0.1, -0.05) is 76.3 Å². The SMILES string of the molecule is COc1cccc(/C=C/CO[Si](OC/C=C/c2cccc(C(F)(F)F)c2)(C(C)C)C(C)C)c1. The summed E-state index contributed by atoms with van der Waals surface area (Å²) in [6.45, 7) is 9.06. The molecule has 0 aliphatic heterocycles. The van der Waals surface area contributed by atoms with E-state index >= 15 is 0 Å². The van der Waals surface area contributed by atoms with Crippen molar-refractivity contribution in [1.82, 2.24) is 0 Å². The van der Waals surface area contributed by atoms with Crippen molar-refractivity contribution in [3.63, 3.8) is 0 Å². The van der Waals surface area contributed by atoms with E-state index in [1.165, 1.54) is 6.07 Å². The summed E-state index contributed by atoms with van der Waals surface area (Å²) in [7, 11) is -0.957. The van der Waals surface area contributed by atoms with Crippen LogP contribution in [0.2, 0.25) is 11.1 Å². The van der Waals surface area contributed by atoms with Crippen molar-refractivity contribution in [2.45, 2.75) is 45.0 Å². The molecule has 0 N–H and O–H groups in total. The maximum atomic E-state index is 12.9. The third-order valence-corrected chi connectivity index (χ3v) is 9.80. The molecule has 0 bridgehead atoms. The number of rotatable bonds is 11. The third kappa shape index (κ3) is 7.87. The van der Waals surface area contributed by atoms with Gasteiger partial charge >= 0.3 is 14.7 Å². The van der Waals surface area contributed by atoms with E-state index in [2.05, 4.69) is 27.7 Å². The van der Waals surface area contributed by atoms with E-state index in [0.29, 0.717) is 12.2 Å². The molecule has 0 saturated heterocycles. The second-order valence-electron chi connectivity index (χ2n) is 8.36. The molecule has 0 fully saturated rings. The van der Waals surface area contributed by atoms with Gasteiger partial charge in [-0.2, -0.15) is 13.2 Å². The van der Waals surface area contributed by atoms with Crippen molar-refractivity contribution < 1.29 is 26.8 Å². The lowest BCUT2D eigenvalue weighted by Crippen LogP contribution is -2.48. The Labute approximate surface area is 196 Å². The van der Waals surface area contributed by atoms with Gasteiger partial charge in [0.1, 0.15) is 5.75 Å². The zero-order valence-electron chi connectivity index (χ0n) is 19.9. The van der Waals surface area contributed by atoms with Crippen LogP contribution in [0.15, 0.2) is 60.7 Å². The summed E-state index contributed by atoms with van der Waals surface area (Å²) in [6, 6.07) is 13.0. The predicted molar refractivity (Wildman–Crippen MR) is 130 cm³/mol. The second kappa shape index (κ2) is 12.2. The highest BCUT2D eigenvalue weighted by Gasteiger charge is 2.44. The normalized spacial score (nSPS) is 13.0. The maximum absolute atomic E-state index is 12.9. The van der Waals surface area contributed by atoms with Crippen molar-refractivity contribution in [2.75, 3.05) is 20.3 Å². The Morgan fingerprint density at radius 3 is 1.82 bits per heavy atom. The third-order valence-electron chi connectivity index (χ3n) is 5.35. The van der Waals surface area contributed by atoms with E-state index in [9.17, 15) is 13.2 Å². The molecular weight excluding hydrogens is 445 g/mol. The largest absolute Gasteiger partial charge is 0.497 e. The Morgan fingerprint density at radius 1 is 0.818 bits per heavy atom. The number of methoxy groups -OCH3 is 1. The molecule has 0 aliphatic rings. The van der Waals surface area contributed by atoms with Gasteiger partial charge in [-0.05, 0) is 46.5 Å². The Kier molecular flexibility index (Phi) is 9.95. The highest BCUT2D eigenvalue weighted by atomic mass is 28.4. The minimum Gasteiger partial charge on any atom is -0.497 e. The van der Waals surface area contributed by atoms with Crippen molar-refractivity contribution >= 4 is 20.7 Å². The van der Waals surface area contributed by atoms with Gasteiger partial charge in [0.2, 0.25) is 0 Å². The lowest BCUT2D eigenvalue weighted by molar-refractivity contribution is -0.137. The number of hydrogen-bond acceptors (Lipinski definition) is 3. The summed E-state index contributed by atoms with van der Waals surface area (Å²) in [5, 5.41) is 0. The number of alkyl halides is 3. The van der Waals surface area contributed by atoms with E-state index in [0.717, 1.165) is 23.4 Å². The first kappa shape index (κ1) is 26.9. The van der Waals surface area contributed by atoms with Crippen LogP contribution < -0.4 is 4.74 Å². The van der Waals surface area contributed by atoms with Crippen LogP contribution in [0.4, 0.5) is 13.2 Å². The van der Waals surface area contributed by atoms with Crippen molar-refractivity contribution in [1.29, 1.82) is 0 Å². The van der Waals surface area contributed by atoms with E-state index in [1.54, 1.807) is 25.3 Å². The van der Waals surface area contributed by atoms with Crippen LogP contribution in [0.3, 0.4) is 0 Å². The highest BCUT2D eigenvalue weighted by molar-refractivity contribution is 6.70. The molecule has 2 aromatic carbocycles. The van der Waals surface area contributed by atoms with E-state index < -0.39 is 20.3 Å². The molecule has 0 unspecified atom stereocenters. The Morgan fingerprint density at radius 2 is 1.33 bits per heavy atom. The summed E-state index contributed by atoms with van der Waals surface area (Å²) < 4.78 is 56.7. The molecule has 3 nitrogen and oxygen atoms in total. The molecule has 33 heavy (non-hydrogen) atoms. The van der Waals surface area contributed by atoms with Gasteiger partial charge in [0.25, 0.3) is 0 Å². The minimum atomic E-state index is -4.36. The molecule has 0 radical (unpaired) electrons. The molecular formula is C26H33F3O3Si. The molecule has 0 aromatic heterocycles. The standard InChI is InChI=1S/C26H33F3O3Si/c1-20(2)33(21(3)4,32-17-9-13-23-11-7-15-25(19-23)30-5)31-16-8-12-22-10-6-14-24(18-22)26(27,28)29/h6-15,18-21H,16-17H2,1-5H3/b12-8+,13-9+. The molecule has 180 valence electrons. The van der Waals surface area contributed by atoms with Gasteiger partial charge in [0.05, 0.1) is 25.9 Å². The number of ether oxygens (including phenoxy) is 1. The summed E-state index contributed by atoms with van der Waals surface area (Å²) in [5.74, 6) is 0.794. The Bertz CT molecular complexity index is 928. The first-order valence-electron chi connectivity index (χ1n) is 11.0. The summed E-state index contributed by atoms with van der Waals surface area (Å²) >= 11 is 0. The van der Waals surface area contributed by atoms with Crippen LogP contribution in [-0.2, 0) is 15.0 Å². The molecule has 0 amide bonds. The lowest BCUT2D eigenvalue weighted by atomic mass is 10.1. The molecule has 0 spiro atoms. The molecule has 2 aromatic rings. The predicted octanol–water partition coefficient (Wildman–Crippen LogP) is 7.74. The molecule has 0 heterocycles. The zero-order chi connectivity index (χ0) is 24.5. The van der Waals surface area contributed by atoms with Crippen LogP contribution in [0, 0.1) is 0 Å². The lowest BCUT2D eigenvalue weighted by Gasteiger charge is -2.36. The van der Waals surface area contributed by atoms with E-state index in [-0.39, 0.29) is 17.7 Å². The number of hydrogen-bond donors (Lipinski definition) is 0. The van der Waals surface area contributed by atoms with Crippen molar-refractivity contribution in [2.24, 2.45) is 0 Å². The Hall–Kier alpha value is -2.35. The molecule has 0 saturated carbocycles. The van der Waals surface area contributed by atoms with Crippen LogP contribution in [0.1, 0.15) is 44.4 Å². The molecule has 7 heteroatoms. The molecule has 2 rings (SSSR count). The van der Waals surface area contributed by atoms with Crippen LogP contribution >= 0.6 is 0 Å². The first-order valence-corrected chi connectivity index (χ1v) is 13.0. The van der Waals surface area contributed by atoms with Crippen LogP contribution in [0.25, 0.3) is 12.2 Å². The topological polar surface area (TPSA) is 27.7 Å².